The van der Waals surface area contributed by atoms with Gasteiger partial charge in [0.1, 0.15) is 0 Å². The van der Waals surface area contributed by atoms with Gasteiger partial charge in [0.05, 0.1) is 16.8 Å². The number of rotatable bonds is 6. The highest BCUT2D eigenvalue weighted by molar-refractivity contribution is 6.07. The minimum absolute atomic E-state index is 0.0810. The Labute approximate surface area is 157 Å². The number of amides is 2. The fourth-order valence-electron chi connectivity index (χ4n) is 2.97. The molecular weight excluding hydrogens is 340 g/mol. The molecule has 1 aromatic carbocycles. The third kappa shape index (κ3) is 3.95. The van der Waals surface area contributed by atoms with Crippen molar-refractivity contribution in [3.05, 3.63) is 60.4 Å². The zero-order valence-electron chi connectivity index (χ0n) is 14.8. The lowest BCUT2D eigenvalue weighted by Gasteiger charge is -2.11. The van der Waals surface area contributed by atoms with E-state index in [1.807, 2.05) is 36.4 Å². The maximum absolute atomic E-state index is 12.8. The molecule has 0 aliphatic heterocycles. The molecule has 2 amide bonds. The molecule has 0 radical (unpaired) electrons. The SMILES string of the molecule is O=C(NCCNC(=O)C1CC1)c1cc(-c2cccnc2)nc2ccccc12. The lowest BCUT2D eigenvalue weighted by molar-refractivity contribution is -0.122. The lowest BCUT2D eigenvalue weighted by Crippen LogP contribution is -2.35. The van der Waals surface area contributed by atoms with Gasteiger partial charge in [-0.05, 0) is 37.1 Å². The summed E-state index contributed by atoms with van der Waals surface area (Å²) >= 11 is 0. The van der Waals surface area contributed by atoms with E-state index in [1.165, 1.54) is 0 Å². The van der Waals surface area contributed by atoms with E-state index in [2.05, 4.69) is 20.6 Å². The maximum atomic E-state index is 12.8. The Bertz CT molecular complexity index is 984. The van der Waals surface area contributed by atoms with Crippen LogP contribution < -0.4 is 10.6 Å². The van der Waals surface area contributed by atoms with Crippen molar-refractivity contribution in [1.82, 2.24) is 20.6 Å². The largest absolute Gasteiger partial charge is 0.354 e. The van der Waals surface area contributed by atoms with Crippen LogP contribution in [0.2, 0.25) is 0 Å². The summed E-state index contributed by atoms with van der Waals surface area (Å²) in [6.07, 6.45) is 5.37. The van der Waals surface area contributed by atoms with E-state index in [4.69, 9.17) is 0 Å². The van der Waals surface area contributed by atoms with Gasteiger partial charge >= 0.3 is 0 Å². The van der Waals surface area contributed by atoms with E-state index in [0.717, 1.165) is 29.3 Å². The molecule has 1 saturated carbocycles. The Balaban J connectivity index is 1.54. The van der Waals surface area contributed by atoms with Crippen molar-refractivity contribution in [2.24, 2.45) is 5.92 Å². The number of nitrogens with zero attached hydrogens (tertiary/aromatic N) is 2. The number of pyridine rings is 2. The van der Waals surface area contributed by atoms with Gasteiger partial charge in [0.25, 0.3) is 5.91 Å². The van der Waals surface area contributed by atoms with Crippen molar-refractivity contribution in [2.45, 2.75) is 12.8 Å². The average molecular weight is 360 g/mol. The number of hydrogen-bond donors (Lipinski definition) is 2. The Morgan fingerprint density at radius 1 is 1.04 bits per heavy atom. The lowest BCUT2D eigenvalue weighted by atomic mass is 10.0. The second-order valence-corrected chi connectivity index (χ2v) is 6.64. The second kappa shape index (κ2) is 7.53. The fraction of sp³-hybridized carbons (Fsp3) is 0.238. The van der Waals surface area contributed by atoms with Crippen LogP contribution in [0, 0.1) is 5.92 Å². The molecule has 3 aromatic rings. The van der Waals surface area contributed by atoms with E-state index in [0.29, 0.717) is 24.3 Å². The number of para-hydroxylation sites is 1. The van der Waals surface area contributed by atoms with Gasteiger partial charge in [-0.25, -0.2) is 4.98 Å². The van der Waals surface area contributed by atoms with Crippen LogP contribution in [0.15, 0.2) is 54.9 Å². The van der Waals surface area contributed by atoms with Gasteiger partial charge in [0.15, 0.2) is 0 Å². The quantitative estimate of drug-likeness (QED) is 0.662. The first kappa shape index (κ1) is 17.1. The standard InChI is InChI=1S/C21H20N4O2/c26-20(14-7-8-14)23-10-11-24-21(27)17-12-19(15-4-3-9-22-13-15)25-18-6-2-1-5-16(17)18/h1-6,9,12-14H,7-8,10-11H2,(H,23,26)(H,24,27). The van der Waals surface area contributed by atoms with Crippen molar-refractivity contribution < 1.29 is 9.59 Å². The van der Waals surface area contributed by atoms with Gasteiger partial charge < -0.3 is 10.6 Å². The summed E-state index contributed by atoms with van der Waals surface area (Å²) in [6, 6.07) is 13.1. The van der Waals surface area contributed by atoms with Crippen LogP contribution in [0.3, 0.4) is 0 Å². The molecule has 0 atom stereocenters. The van der Waals surface area contributed by atoms with E-state index in [9.17, 15) is 9.59 Å². The molecule has 1 aliphatic carbocycles. The van der Waals surface area contributed by atoms with Crippen molar-refractivity contribution >= 4 is 22.7 Å². The zero-order valence-corrected chi connectivity index (χ0v) is 14.8. The number of aromatic nitrogens is 2. The molecule has 136 valence electrons. The minimum Gasteiger partial charge on any atom is -0.354 e. The highest BCUT2D eigenvalue weighted by Gasteiger charge is 2.29. The highest BCUT2D eigenvalue weighted by atomic mass is 16.2. The van der Waals surface area contributed by atoms with Crippen LogP contribution in [-0.4, -0.2) is 34.9 Å². The summed E-state index contributed by atoms with van der Waals surface area (Å²) < 4.78 is 0. The molecule has 0 bridgehead atoms. The van der Waals surface area contributed by atoms with E-state index in [-0.39, 0.29) is 17.7 Å². The number of carbonyl (C=O) groups excluding carboxylic acids is 2. The molecule has 0 saturated heterocycles. The van der Waals surface area contributed by atoms with E-state index >= 15 is 0 Å². The molecule has 0 spiro atoms. The summed E-state index contributed by atoms with van der Waals surface area (Å²) in [5.41, 5.74) is 2.88. The summed E-state index contributed by atoms with van der Waals surface area (Å²) in [4.78, 5) is 33.2. The smallest absolute Gasteiger partial charge is 0.252 e. The monoisotopic (exact) mass is 360 g/mol. The number of nitrogens with one attached hydrogen (secondary N) is 2. The molecule has 6 nitrogen and oxygen atoms in total. The first-order valence-corrected chi connectivity index (χ1v) is 9.08. The van der Waals surface area contributed by atoms with Gasteiger partial charge in [-0.3, -0.25) is 14.6 Å². The Kier molecular flexibility index (Phi) is 4.78. The van der Waals surface area contributed by atoms with E-state index < -0.39 is 0 Å². The van der Waals surface area contributed by atoms with Gasteiger partial charge in [-0.1, -0.05) is 18.2 Å². The first-order valence-electron chi connectivity index (χ1n) is 9.08. The first-order chi connectivity index (χ1) is 13.2. The van der Waals surface area contributed by atoms with Crippen molar-refractivity contribution in [3.63, 3.8) is 0 Å². The number of carbonyl (C=O) groups is 2. The average Bonchev–Trinajstić information content (AvgIpc) is 3.56. The van der Waals surface area contributed by atoms with Crippen LogP contribution in [0.5, 0.6) is 0 Å². The molecule has 0 unspecified atom stereocenters. The van der Waals surface area contributed by atoms with Crippen molar-refractivity contribution in [3.8, 4) is 11.3 Å². The summed E-state index contributed by atoms with van der Waals surface area (Å²) in [7, 11) is 0. The predicted octanol–water partition coefficient (Wildman–Crippen LogP) is 2.55. The van der Waals surface area contributed by atoms with Crippen LogP contribution in [-0.2, 0) is 4.79 Å². The van der Waals surface area contributed by atoms with Crippen molar-refractivity contribution in [1.29, 1.82) is 0 Å². The van der Waals surface area contributed by atoms with E-state index in [1.54, 1.807) is 18.5 Å². The van der Waals surface area contributed by atoms with Crippen LogP contribution in [0.1, 0.15) is 23.2 Å². The molecule has 6 heteroatoms. The minimum atomic E-state index is -0.181. The third-order valence-corrected chi connectivity index (χ3v) is 4.58. The van der Waals surface area contributed by atoms with Crippen molar-refractivity contribution in [2.75, 3.05) is 13.1 Å². The second-order valence-electron chi connectivity index (χ2n) is 6.64. The molecule has 27 heavy (non-hydrogen) atoms. The van der Waals surface area contributed by atoms with Gasteiger partial charge in [0, 0.05) is 42.4 Å². The molecule has 1 fully saturated rings. The predicted molar refractivity (Wildman–Crippen MR) is 103 cm³/mol. The van der Waals surface area contributed by atoms with Gasteiger partial charge in [-0.15, -0.1) is 0 Å². The summed E-state index contributed by atoms with van der Waals surface area (Å²) in [6.45, 7) is 0.815. The summed E-state index contributed by atoms with van der Waals surface area (Å²) in [5.74, 6) is 0.0729. The van der Waals surface area contributed by atoms with Gasteiger partial charge in [0.2, 0.25) is 5.91 Å². The zero-order chi connectivity index (χ0) is 18.6. The van der Waals surface area contributed by atoms with Crippen LogP contribution in [0.4, 0.5) is 0 Å². The van der Waals surface area contributed by atoms with Crippen LogP contribution >= 0.6 is 0 Å². The summed E-state index contributed by atoms with van der Waals surface area (Å²) in [5, 5.41) is 6.53. The molecule has 2 heterocycles. The normalized spacial score (nSPS) is 13.3. The number of hydrogen-bond acceptors (Lipinski definition) is 4. The third-order valence-electron chi connectivity index (χ3n) is 4.58. The van der Waals surface area contributed by atoms with Gasteiger partial charge in [-0.2, -0.15) is 0 Å². The highest BCUT2D eigenvalue weighted by Crippen LogP contribution is 2.28. The Morgan fingerprint density at radius 3 is 2.63 bits per heavy atom. The topological polar surface area (TPSA) is 84.0 Å². The molecule has 1 aliphatic rings. The molecule has 4 rings (SSSR count). The Hall–Kier alpha value is -3.28. The molecule has 2 aromatic heterocycles. The maximum Gasteiger partial charge on any atom is 0.252 e. The number of benzene rings is 1. The van der Waals surface area contributed by atoms with Crippen LogP contribution in [0.25, 0.3) is 22.2 Å². The number of fused-ring (bicyclic) bond motifs is 1. The molecular formula is C21H20N4O2. The Morgan fingerprint density at radius 2 is 1.85 bits per heavy atom. The molecule has 2 N–H and O–H groups in total. The fourth-order valence-corrected chi connectivity index (χ4v) is 2.97.